The van der Waals surface area contributed by atoms with Crippen LogP contribution in [0.15, 0.2) is 127 Å². The molecular weight excluding hydrogens is 764 g/mol. The van der Waals surface area contributed by atoms with E-state index in [1.807, 2.05) is 66.7 Å². The summed E-state index contributed by atoms with van der Waals surface area (Å²) >= 11 is 7.03. The van der Waals surface area contributed by atoms with Crippen LogP contribution in [0.4, 0.5) is 0 Å². The maximum absolute atomic E-state index is 7.52. The number of hydrogen-bond donors (Lipinski definition) is 0. The first-order valence-electron chi connectivity index (χ1n) is 20.3. The topological polar surface area (TPSA) is 64.6 Å². The van der Waals surface area contributed by atoms with Crippen LogP contribution in [-0.4, -0.2) is 54.2 Å². The second-order valence-electron chi connectivity index (χ2n) is 16.6. The molecule has 9 heteroatoms. The van der Waals surface area contributed by atoms with E-state index in [1.54, 1.807) is 7.11 Å². The van der Waals surface area contributed by atoms with Gasteiger partial charge in [-0.2, -0.15) is 0 Å². The minimum absolute atomic E-state index is 0.297. The van der Waals surface area contributed by atoms with Gasteiger partial charge in [0.15, 0.2) is 0 Å². The van der Waals surface area contributed by atoms with Gasteiger partial charge in [0.1, 0.15) is 34.5 Å². The first-order chi connectivity index (χ1) is 28.0. The van der Waals surface area contributed by atoms with Crippen molar-refractivity contribution in [2.45, 2.75) is 103 Å². The zero-order valence-corrected chi connectivity index (χ0v) is 37.4. The molecule has 1 saturated heterocycles. The molecule has 5 aromatic rings. The number of fused-ring (bicyclic) bond motifs is 1. The molecule has 1 fully saturated rings. The number of benzene rings is 5. The molecule has 306 valence electrons. The number of hydrogen-bond acceptors (Lipinski definition) is 7. The average Bonchev–Trinajstić information content (AvgIpc) is 3.71. The van der Waals surface area contributed by atoms with Gasteiger partial charge in [-0.15, -0.1) is 0 Å². The summed E-state index contributed by atoms with van der Waals surface area (Å²) in [7, 11) is 2.29. The summed E-state index contributed by atoms with van der Waals surface area (Å²) in [5, 5.41) is 0.661. The molecule has 7 nitrogen and oxygen atoms in total. The van der Waals surface area contributed by atoms with Crippen LogP contribution >= 0.6 is 11.6 Å². The number of ether oxygens (including phenoxy) is 6. The van der Waals surface area contributed by atoms with Crippen LogP contribution in [0.3, 0.4) is 0 Å². The zero-order chi connectivity index (χ0) is 40.8. The van der Waals surface area contributed by atoms with Crippen molar-refractivity contribution < 1.29 is 32.8 Å². The summed E-state index contributed by atoms with van der Waals surface area (Å²) in [5.74, 6) is -0.477. The zero-order valence-electron chi connectivity index (χ0n) is 34.6. The first kappa shape index (κ1) is 42.3. The normalized spacial score (nSPS) is 22.1. The number of halogens is 1. The van der Waals surface area contributed by atoms with Gasteiger partial charge in [0, 0.05) is 24.1 Å². The van der Waals surface area contributed by atoms with Gasteiger partial charge < -0.3 is 32.8 Å². The standard InChI is InChI=1S/C49H57ClO7Si/c1-47(2,48(3,4)57-58)30-43-44(53-31-34-15-9-6-10-16-34)45(54-32-35-17-11-7-12-18-35)46(55-33-36-19-13-8-14-20-36)49(51-5,56-43)40-22-23-41(50)39(29-40)28-37-21-24-42-38(27-37)25-26-52-42/h6-24,27,29,43-46H,25-26,28,30-33H2,1-5,58H3/t43-,44-,45+,46-,49+/m1/s1. The summed E-state index contributed by atoms with van der Waals surface area (Å²) in [4.78, 5) is 0. The Bertz CT molecular complexity index is 2080. The molecule has 0 spiro atoms. The Hall–Kier alpha value is -3.83. The Balaban J connectivity index is 1.36. The summed E-state index contributed by atoms with van der Waals surface area (Å²) in [6, 6.07) is 43.0. The molecule has 7 rings (SSSR count). The van der Waals surface area contributed by atoms with E-state index in [0.29, 0.717) is 54.8 Å². The smallest absolute Gasteiger partial charge is 0.224 e. The highest BCUT2D eigenvalue weighted by molar-refractivity contribution is 6.31. The molecule has 2 heterocycles. The Morgan fingerprint density at radius 2 is 1.29 bits per heavy atom. The van der Waals surface area contributed by atoms with Gasteiger partial charge in [-0.25, -0.2) is 0 Å². The lowest BCUT2D eigenvalue weighted by atomic mass is 9.71. The maximum atomic E-state index is 7.52. The van der Waals surface area contributed by atoms with E-state index in [9.17, 15) is 0 Å². The second-order valence-corrected chi connectivity index (χ2v) is 17.4. The van der Waals surface area contributed by atoms with E-state index in [-0.39, 0.29) is 5.41 Å². The van der Waals surface area contributed by atoms with Crippen molar-refractivity contribution >= 4 is 22.1 Å². The Labute approximate surface area is 352 Å². The molecule has 0 radical (unpaired) electrons. The molecular formula is C49H57ClO7Si. The third-order valence-electron chi connectivity index (χ3n) is 12.3. The highest BCUT2D eigenvalue weighted by atomic mass is 35.5. The predicted octanol–water partition coefficient (Wildman–Crippen LogP) is 9.31. The lowest BCUT2D eigenvalue weighted by Crippen LogP contribution is -2.66. The van der Waals surface area contributed by atoms with Crippen LogP contribution < -0.4 is 4.74 Å². The summed E-state index contributed by atoms with van der Waals surface area (Å²) in [6.07, 6.45) is -0.389. The highest BCUT2D eigenvalue weighted by Crippen LogP contribution is 2.49. The molecule has 2 aliphatic rings. The predicted molar refractivity (Wildman–Crippen MR) is 232 cm³/mol. The van der Waals surface area contributed by atoms with E-state index < -0.39 is 35.8 Å². The molecule has 58 heavy (non-hydrogen) atoms. The largest absolute Gasteiger partial charge is 0.493 e. The molecule has 2 aliphatic heterocycles. The van der Waals surface area contributed by atoms with Crippen molar-refractivity contribution in [3.05, 3.63) is 171 Å². The van der Waals surface area contributed by atoms with Crippen molar-refractivity contribution in [1.29, 1.82) is 0 Å². The van der Waals surface area contributed by atoms with Gasteiger partial charge in [0.25, 0.3) is 0 Å². The Morgan fingerprint density at radius 3 is 1.88 bits per heavy atom. The van der Waals surface area contributed by atoms with Crippen LogP contribution in [0.25, 0.3) is 0 Å². The molecule has 0 N–H and O–H groups in total. The molecule has 5 atom stereocenters. The van der Waals surface area contributed by atoms with Crippen LogP contribution in [0.1, 0.15) is 73.1 Å². The van der Waals surface area contributed by atoms with Gasteiger partial charge in [0.05, 0.1) is 38.1 Å². The van der Waals surface area contributed by atoms with Gasteiger partial charge in [-0.1, -0.05) is 135 Å². The maximum Gasteiger partial charge on any atom is 0.224 e. The van der Waals surface area contributed by atoms with Crippen LogP contribution in [0.2, 0.25) is 5.02 Å². The quantitative estimate of drug-likeness (QED) is 0.0867. The van der Waals surface area contributed by atoms with E-state index in [0.717, 1.165) is 45.6 Å². The van der Waals surface area contributed by atoms with Gasteiger partial charge in [-0.3, -0.25) is 0 Å². The fraction of sp³-hybridized carbons (Fsp3) is 0.388. The van der Waals surface area contributed by atoms with Crippen LogP contribution in [0.5, 0.6) is 5.75 Å². The molecule has 5 aromatic carbocycles. The summed E-state index contributed by atoms with van der Waals surface area (Å²) < 4.78 is 47.6. The molecule has 0 saturated carbocycles. The van der Waals surface area contributed by atoms with Gasteiger partial charge in [0.2, 0.25) is 5.79 Å². The van der Waals surface area contributed by atoms with E-state index in [4.69, 9.17) is 44.4 Å². The highest BCUT2D eigenvalue weighted by Gasteiger charge is 2.59. The van der Waals surface area contributed by atoms with E-state index in [1.165, 1.54) is 5.56 Å². The lowest BCUT2D eigenvalue weighted by Gasteiger charge is -2.54. The van der Waals surface area contributed by atoms with Crippen LogP contribution in [-0.2, 0) is 66.6 Å². The lowest BCUT2D eigenvalue weighted by molar-refractivity contribution is -0.385. The van der Waals surface area contributed by atoms with Crippen molar-refractivity contribution in [1.82, 2.24) is 0 Å². The first-order valence-corrected chi connectivity index (χ1v) is 21.5. The van der Waals surface area contributed by atoms with E-state index >= 15 is 0 Å². The van der Waals surface area contributed by atoms with Crippen molar-refractivity contribution in [2.75, 3.05) is 13.7 Å². The third-order valence-corrected chi connectivity index (χ3v) is 13.7. The number of rotatable bonds is 17. The third kappa shape index (κ3) is 9.46. The minimum Gasteiger partial charge on any atom is -0.493 e. The SMILES string of the molecule is CO[C@@]1(c2ccc(Cl)c(Cc3ccc4c(c3)CCO4)c2)O[C@H](CC(C)(C)C(C)(C)O[SiH3])[C@@H](OCc2ccccc2)[C@H](OCc2ccccc2)[C@H]1OCc1ccccc1. The van der Waals surface area contributed by atoms with E-state index in [2.05, 4.69) is 88.4 Å². The molecule has 0 bridgehead atoms. The average molecular weight is 822 g/mol. The molecule has 0 unspecified atom stereocenters. The molecule has 0 aromatic heterocycles. The van der Waals surface area contributed by atoms with Gasteiger partial charge >= 0.3 is 0 Å². The van der Waals surface area contributed by atoms with Crippen molar-refractivity contribution in [3.63, 3.8) is 0 Å². The summed E-state index contributed by atoms with van der Waals surface area (Å²) in [6.45, 7) is 10.5. The molecule has 0 amide bonds. The fourth-order valence-corrected chi connectivity index (χ4v) is 8.77. The Morgan fingerprint density at radius 1 is 0.707 bits per heavy atom. The second kappa shape index (κ2) is 18.6. The van der Waals surface area contributed by atoms with Crippen molar-refractivity contribution in [2.24, 2.45) is 5.41 Å². The fourth-order valence-electron chi connectivity index (χ4n) is 8.04. The monoisotopic (exact) mass is 820 g/mol. The van der Waals surface area contributed by atoms with Crippen LogP contribution in [0, 0.1) is 5.41 Å². The van der Waals surface area contributed by atoms with Gasteiger partial charge in [-0.05, 0) is 83.7 Å². The minimum atomic E-state index is -1.43. The van der Waals surface area contributed by atoms with Crippen molar-refractivity contribution in [3.8, 4) is 5.75 Å². The molecule has 0 aliphatic carbocycles. The Kier molecular flexibility index (Phi) is 13.6. The number of methoxy groups -OCH3 is 1. The summed E-state index contributed by atoms with van der Waals surface area (Å²) in [5.41, 5.74) is 6.42.